The van der Waals surface area contributed by atoms with Crippen LogP contribution in [0.4, 0.5) is 5.69 Å². The van der Waals surface area contributed by atoms with Crippen molar-refractivity contribution in [2.75, 3.05) is 11.1 Å². The number of halogens is 2. The molecule has 26 heavy (non-hydrogen) atoms. The van der Waals surface area contributed by atoms with Crippen molar-refractivity contribution in [2.45, 2.75) is 17.7 Å². The Morgan fingerprint density at radius 2 is 1.96 bits per heavy atom. The zero-order valence-corrected chi connectivity index (χ0v) is 17.1. The van der Waals surface area contributed by atoms with Crippen LogP contribution in [0.15, 0.2) is 52.2 Å². The lowest BCUT2D eigenvalue weighted by molar-refractivity contribution is -0.113. The number of thioether (sulfide) groups is 1. The predicted octanol–water partition coefficient (Wildman–Crippen LogP) is 6.41. The van der Waals surface area contributed by atoms with Gasteiger partial charge in [0.05, 0.1) is 16.5 Å². The molecule has 0 saturated carbocycles. The molecule has 0 bridgehead atoms. The van der Waals surface area contributed by atoms with Gasteiger partial charge in [0.2, 0.25) is 5.91 Å². The third-order valence-electron chi connectivity index (χ3n) is 3.66. The van der Waals surface area contributed by atoms with Gasteiger partial charge in [-0.15, -0.1) is 11.3 Å². The van der Waals surface area contributed by atoms with Crippen molar-refractivity contribution in [3.05, 3.63) is 63.5 Å². The summed E-state index contributed by atoms with van der Waals surface area (Å²) in [6.45, 7) is 2.10. The molecule has 1 heterocycles. The molecule has 3 aromatic rings. The molecule has 0 aliphatic carbocycles. The SMILES string of the molecule is CCc1ccc(NC(=O)CSc2nc(-c3ccc(Cl)cc3Cl)cs2)cc1. The van der Waals surface area contributed by atoms with E-state index in [1.807, 2.05) is 35.7 Å². The summed E-state index contributed by atoms with van der Waals surface area (Å²) in [6, 6.07) is 13.2. The standard InChI is InChI=1S/C19H16Cl2N2OS2/c1-2-12-3-6-14(7-4-12)22-18(24)11-26-19-23-17(10-25-19)15-8-5-13(20)9-16(15)21/h3-10H,2,11H2,1H3,(H,22,24). The van der Waals surface area contributed by atoms with Gasteiger partial charge in [-0.2, -0.15) is 0 Å². The number of thiazole rings is 1. The maximum atomic E-state index is 12.1. The molecule has 0 spiro atoms. The molecule has 3 nitrogen and oxygen atoms in total. The van der Waals surface area contributed by atoms with Crippen LogP contribution in [-0.4, -0.2) is 16.6 Å². The number of amides is 1. The Labute approximate surface area is 170 Å². The van der Waals surface area contributed by atoms with E-state index in [1.54, 1.807) is 12.1 Å². The number of nitrogens with one attached hydrogen (secondary N) is 1. The van der Waals surface area contributed by atoms with Gasteiger partial charge in [-0.05, 0) is 42.3 Å². The first-order chi connectivity index (χ1) is 12.5. The van der Waals surface area contributed by atoms with Crippen molar-refractivity contribution in [1.29, 1.82) is 0 Å². The smallest absolute Gasteiger partial charge is 0.234 e. The summed E-state index contributed by atoms with van der Waals surface area (Å²) in [4.78, 5) is 16.7. The minimum absolute atomic E-state index is 0.0551. The second-order valence-electron chi connectivity index (χ2n) is 5.51. The van der Waals surface area contributed by atoms with Gasteiger partial charge in [0.25, 0.3) is 0 Å². The normalized spacial score (nSPS) is 10.7. The van der Waals surface area contributed by atoms with Gasteiger partial charge in [-0.25, -0.2) is 4.98 Å². The molecule has 2 aromatic carbocycles. The summed E-state index contributed by atoms with van der Waals surface area (Å²) >= 11 is 15.0. The zero-order valence-electron chi connectivity index (χ0n) is 14.0. The van der Waals surface area contributed by atoms with Gasteiger partial charge < -0.3 is 5.32 Å². The topological polar surface area (TPSA) is 42.0 Å². The van der Waals surface area contributed by atoms with E-state index in [1.165, 1.54) is 28.7 Å². The molecular weight excluding hydrogens is 407 g/mol. The molecule has 0 atom stereocenters. The molecular formula is C19H16Cl2N2OS2. The van der Waals surface area contributed by atoms with Gasteiger partial charge in [-0.1, -0.05) is 54.0 Å². The summed E-state index contributed by atoms with van der Waals surface area (Å²) < 4.78 is 0.822. The van der Waals surface area contributed by atoms with Gasteiger partial charge in [-0.3, -0.25) is 4.79 Å². The number of hydrogen-bond donors (Lipinski definition) is 1. The van der Waals surface area contributed by atoms with Crippen LogP contribution in [0.1, 0.15) is 12.5 Å². The Hall–Kier alpha value is -1.53. The van der Waals surface area contributed by atoms with Crippen LogP contribution in [0.2, 0.25) is 10.0 Å². The first-order valence-electron chi connectivity index (χ1n) is 7.97. The lowest BCUT2D eigenvalue weighted by Gasteiger charge is -2.05. The zero-order chi connectivity index (χ0) is 18.5. The van der Waals surface area contributed by atoms with E-state index in [0.717, 1.165) is 27.7 Å². The highest BCUT2D eigenvalue weighted by atomic mass is 35.5. The van der Waals surface area contributed by atoms with E-state index >= 15 is 0 Å². The van der Waals surface area contributed by atoms with Crippen molar-refractivity contribution in [1.82, 2.24) is 4.98 Å². The van der Waals surface area contributed by atoms with Crippen LogP contribution in [-0.2, 0) is 11.2 Å². The third kappa shape index (κ3) is 5.01. The monoisotopic (exact) mass is 422 g/mol. The van der Waals surface area contributed by atoms with E-state index in [4.69, 9.17) is 23.2 Å². The number of carbonyl (C=O) groups is 1. The number of rotatable bonds is 6. The highest BCUT2D eigenvalue weighted by Gasteiger charge is 2.11. The first kappa shape index (κ1) is 19.2. The van der Waals surface area contributed by atoms with E-state index in [9.17, 15) is 4.79 Å². The molecule has 7 heteroatoms. The Kier molecular flexibility index (Phi) is 6.59. The maximum Gasteiger partial charge on any atom is 0.234 e. The van der Waals surface area contributed by atoms with Gasteiger partial charge in [0, 0.05) is 21.7 Å². The molecule has 1 aromatic heterocycles. The Morgan fingerprint density at radius 1 is 1.19 bits per heavy atom. The quantitative estimate of drug-likeness (QED) is 0.466. The fourth-order valence-corrected chi connectivity index (χ4v) is 4.42. The average Bonchev–Trinajstić information content (AvgIpc) is 3.09. The molecule has 1 N–H and O–H groups in total. The van der Waals surface area contributed by atoms with E-state index in [0.29, 0.717) is 15.8 Å². The van der Waals surface area contributed by atoms with Crippen molar-refractivity contribution < 1.29 is 4.79 Å². The summed E-state index contributed by atoms with van der Waals surface area (Å²) in [5, 5.41) is 5.98. The molecule has 0 aliphatic rings. The largest absolute Gasteiger partial charge is 0.325 e. The summed E-state index contributed by atoms with van der Waals surface area (Å²) in [5.41, 5.74) is 3.67. The van der Waals surface area contributed by atoms with Crippen molar-refractivity contribution in [3.63, 3.8) is 0 Å². The van der Waals surface area contributed by atoms with Gasteiger partial charge in [0.1, 0.15) is 0 Å². The third-order valence-corrected chi connectivity index (χ3v) is 6.23. The molecule has 0 aliphatic heterocycles. The fraction of sp³-hybridized carbons (Fsp3) is 0.158. The Balaban J connectivity index is 1.58. The van der Waals surface area contributed by atoms with Crippen molar-refractivity contribution >= 4 is 57.9 Å². The number of nitrogens with zero attached hydrogens (tertiary/aromatic N) is 1. The minimum atomic E-state index is -0.0551. The second-order valence-corrected chi connectivity index (χ2v) is 8.43. The minimum Gasteiger partial charge on any atom is -0.325 e. The second kappa shape index (κ2) is 8.91. The van der Waals surface area contributed by atoms with Crippen molar-refractivity contribution in [3.8, 4) is 11.3 Å². The average molecular weight is 423 g/mol. The van der Waals surface area contributed by atoms with E-state index < -0.39 is 0 Å². The van der Waals surface area contributed by atoms with Crippen LogP contribution >= 0.6 is 46.3 Å². The lowest BCUT2D eigenvalue weighted by Crippen LogP contribution is -2.13. The Bertz CT molecular complexity index is 910. The van der Waals surface area contributed by atoms with Gasteiger partial charge >= 0.3 is 0 Å². The molecule has 0 unspecified atom stereocenters. The summed E-state index contributed by atoms with van der Waals surface area (Å²) in [6.07, 6.45) is 0.980. The van der Waals surface area contributed by atoms with Crippen LogP contribution in [0.3, 0.4) is 0 Å². The number of aromatic nitrogens is 1. The molecule has 0 fully saturated rings. The van der Waals surface area contributed by atoms with Crippen molar-refractivity contribution in [2.24, 2.45) is 0 Å². The number of benzene rings is 2. The van der Waals surface area contributed by atoms with Gasteiger partial charge in [0.15, 0.2) is 4.34 Å². The number of aryl methyl sites for hydroxylation is 1. The molecule has 3 rings (SSSR count). The molecule has 1 amide bonds. The molecule has 0 radical (unpaired) electrons. The van der Waals surface area contributed by atoms with Crippen LogP contribution in [0.5, 0.6) is 0 Å². The molecule has 134 valence electrons. The van der Waals surface area contributed by atoms with Crippen LogP contribution < -0.4 is 5.32 Å². The lowest BCUT2D eigenvalue weighted by atomic mass is 10.1. The predicted molar refractivity (Wildman–Crippen MR) is 113 cm³/mol. The number of hydrogen-bond acceptors (Lipinski definition) is 4. The Morgan fingerprint density at radius 3 is 2.65 bits per heavy atom. The first-order valence-corrected chi connectivity index (χ1v) is 10.6. The van der Waals surface area contributed by atoms with E-state index in [-0.39, 0.29) is 5.91 Å². The summed E-state index contributed by atoms with van der Waals surface area (Å²) in [5.74, 6) is 0.247. The highest BCUT2D eigenvalue weighted by molar-refractivity contribution is 8.01. The highest BCUT2D eigenvalue weighted by Crippen LogP contribution is 2.33. The van der Waals surface area contributed by atoms with E-state index in [2.05, 4.69) is 17.2 Å². The summed E-state index contributed by atoms with van der Waals surface area (Å²) in [7, 11) is 0. The number of anilines is 1. The number of carbonyl (C=O) groups excluding carboxylic acids is 1. The maximum absolute atomic E-state index is 12.1. The van der Waals surface area contributed by atoms with Crippen LogP contribution in [0.25, 0.3) is 11.3 Å². The molecule has 0 saturated heterocycles. The van der Waals surface area contributed by atoms with Crippen LogP contribution in [0, 0.1) is 0 Å². The fourth-order valence-electron chi connectivity index (χ4n) is 2.29.